The molecule has 1 aliphatic rings. The summed E-state index contributed by atoms with van der Waals surface area (Å²) in [6, 6.07) is 65.8. The normalized spacial score (nSPS) is 11.8. The maximum absolute atomic E-state index is 4.91. The minimum atomic E-state index is 0.644. The molecule has 7 aromatic carbocycles. The molecule has 5 nitrogen and oxygen atoms in total. The van der Waals surface area contributed by atoms with E-state index in [1.54, 1.807) is 0 Å². The number of aromatic nitrogens is 4. The molecule has 0 fully saturated rings. The average Bonchev–Trinajstić information content (AvgIpc) is 3.55. The first-order chi connectivity index (χ1) is 25.8. The van der Waals surface area contributed by atoms with Crippen molar-refractivity contribution in [3.8, 4) is 62.1 Å². The average molecular weight is 666 g/mol. The second-order valence-corrected chi connectivity index (χ2v) is 12.9. The smallest absolute Gasteiger partial charge is 0.164 e. The zero-order valence-corrected chi connectivity index (χ0v) is 28.1. The first kappa shape index (κ1) is 29.8. The lowest BCUT2D eigenvalue weighted by Gasteiger charge is -2.26. The SMILES string of the molecule is c1ccc(-c2nc(-c3ccccc3)nc(-c3ccc(-c4ccc(N5c6ccccc6-c6ccccc6-n6c5cc5ccccc56)cc4)cc3)n2)cc1. The summed E-state index contributed by atoms with van der Waals surface area (Å²) in [5, 5.41) is 1.21. The highest BCUT2D eigenvalue weighted by molar-refractivity contribution is 5.99. The lowest BCUT2D eigenvalue weighted by atomic mass is 10.0. The summed E-state index contributed by atoms with van der Waals surface area (Å²) in [4.78, 5) is 17.0. The number of para-hydroxylation sites is 3. The Morgan fingerprint density at radius 2 is 0.788 bits per heavy atom. The van der Waals surface area contributed by atoms with Crippen LogP contribution in [0.2, 0.25) is 0 Å². The Labute approximate surface area is 301 Å². The van der Waals surface area contributed by atoms with Gasteiger partial charge in [0, 0.05) is 38.9 Å². The fraction of sp³-hybridized carbons (Fsp3) is 0. The summed E-state index contributed by atoms with van der Waals surface area (Å²) in [6.45, 7) is 0. The molecule has 0 atom stereocenters. The van der Waals surface area contributed by atoms with Crippen molar-refractivity contribution in [1.82, 2.24) is 19.5 Å². The Morgan fingerprint density at radius 1 is 0.346 bits per heavy atom. The summed E-state index contributed by atoms with van der Waals surface area (Å²) >= 11 is 0. The molecule has 2 aromatic heterocycles. The van der Waals surface area contributed by atoms with Gasteiger partial charge in [-0.1, -0.05) is 152 Å². The van der Waals surface area contributed by atoms with Gasteiger partial charge in [-0.25, -0.2) is 15.0 Å². The molecule has 0 radical (unpaired) electrons. The molecule has 1 aliphatic heterocycles. The number of benzene rings is 7. The van der Waals surface area contributed by atoms with Crippen LogP contribution in [0.3, 0.4) is 0 Å². The van der Waals surface area contributed by atoms with Crippen LogP contribution >= 0.6 is 0 Å². The van der Waals surface area contributed by atoms with E-state index >= 15 is 0 Å². The van der Waals surface area contributed by atoms with E-state index in [0.717, 1.165) is 45.0 Å². The van der Waals surface area contributed by atoms with Crippen LogP contribution in [0.1, 0.15) is 0 Å². The third-order valence-corrected chi connectivity index (χ3v) is 9.80. The molecular formula is C47H31N5. The highest BCUT2D eigenvalue weighted by atomic mass is 15.3. The molecule has 5 heteroatoms. The van der Waals surface area contributed by atoms with E-state index in [2.05, 4.69) is 137 Å². The van der Waals surface area contributed by atoms with Crippen LogP contribution < -0.4 is 4.90 Å². The second kappa shape index (κ2) is 12.3. The lowest BCUT2D eigenvalue weighted by molar-refractivity contribution is 1.07. The summed E-state index contributed by atoms with van der Waals surface area (Å²) < 4.78 is 2.39. The van der Waals surface area contributed by atoms with Gasteiger partial charge in [0.05, 0.1) is 16.9 Å². The first-order valence-corrected chi connectivity index (χ1v) is 17.5. The van der Waals surface area contributed by atoms with Gasteiger partial charge < -0.3 is 0 Å². The quantitative estimate of drug-likeness (QED) is 0.184. The van der Waals surface area contributed by atoms with Gasteiger partial charge in [0.15, 0.2) is 17.5 Å². The Morgan fingerprint density at radius 3 is 1.40 bits per heavy atom. The molecule has 0 aliphatic carbocycles. The molecule has 0 amide bonds. The largest absolute Gasteiger partial charge is 0.295 e. The van der Waals surface area contributed by atoms with Gasteiger partial charge in [-0.2, -0.15) is 0 Å². The zero-order chi connectivity index (χ0) is 34.4. The minimum absolute atomic E-state index is 0.644. The van der Waals surface area contributed by atoms with Gasteiger partial charge in [0.25, 0.3) is 0 Å². The van der Waals surface area contributed by atoms with Crippen molar-refractivity contribution in [2.24, 2.45) is 0 Å². The van der Waals surface area contributed by atoms with E-state index in [1.807, 2.05) is 60.7 Å². The van der Waals surface area contributed by atoms with Crippen molar-refractivity contribution in [3.63, 3.8) is 0 Å². The standard InChI is InChI=1S/C47H31N5/c1-3-13-34(14-4-1)45-48-46(35-15-5-2-6-16-35)50-47(49-45)36-25-23-32(24-26-36)33-27-29-38(30-28-33)51-42-21-11-8-18-39(42)40-19-9-12-22-43(40)52-41-20-10-7-17-37(41)31-44(51)52/h1-31H. The van der Waals surface area contributed by atoms with Crippen LogP contribution in [0.5, 0.6) is 0 Å². The Balaban J connectivity index is 1.03. The van der Waals surface area contributed by atoms with Gasteiger partial charge in [-0.05, 0) is 47.5 Å². The van der Waals surface area contributed by atoms with E-state index in [-0.39, 0.29) is 0 Å². The molecule has 52 heavy (non-hydrogen) atoms. The second-order valence-electron chi connectivity index (χ2n) is 12.9. The molecule has 3 heterocycles. The molecule has 0 unspecified atom stereocenters. The number of rotatable bonds is 5. The molecule has 0 bridgehead atoms. The molecule has 0 saturated heterocycles. The topological polar surface area (TPSA) is 46.8 Å². The highest BCUT2D eigenvalue weighted by Crippen LogP contribution is 2.48. The predicted molar refractivity (Wildman–Crippen MR) is 212 cm³/mol. The molecule has 10 rings (SSSR count). The fourth-order valence-corrected chi connectivity index (χ4v) is 7.30. The first-order valence-electron chi connectivity index (χ1n) is 17.5. The van der Waals surface area contributed by atoms with Gasteiger partial charge in [-0.3, -0.25) is 9.47 Å². The summed E-state index contributed by atoms with van der Waals surface area (Å²) in [5.41, 5.74) is 12.1. The van der Waals surface area contributed by atoms with E-state index in [9.17, 15) is 0 Å². The van der Waals surface area contributed by atoms with Gasteiger partial charge in [0.2, 0.25) is 0 Å². The fourth-order valence-electron chi connectivity index (χ4n) is 7.30. The zero-order valence-electron chi connectivity index (χ0n) is 28.1. The van der Waals surface area contributed by atoms with Crippen molar-refractivity contribution in [2.75, 3.05) is 4.90 Å². The monoisotopic (exact) mass is 665 g/mol. The minimum Gasteiger partial charge on any atom is -0.295 e. The number of anilines is 3. The van der Waals surface area contributed by atoms with Crippen LogP contribution in [-0.4, -0.2) is 19.5 Å². The van der Waals surface area contributed by atoms with Crippen molar-refractivity contribution in [2.45, 2.75) is 0 Å². The van der Waals surface area contributed by atoms with Crippen molar-refractivity contribution in [3.05, 3.63) is 188 Å². The van der Waals surface area contributed by atoms with E-state index < -0.39 is 0 Å². The van der Waals surface area contributed by atoms with Crippen LogP contribution in [0.15, 0.2) is 188 Å². The Hall–Kier alpha value is -7.11. The van der Waals surface area contributed by atoms with Crippen LogP contribution in [0.4, 0.5) is 17.2 Å². The molecule has 0 spiro atoms. The van der Waals surface area contributed by atoms with E-state index in [4.69, 9.17) is 15.0 Å². The maximum Gasteiger partial charge on any atom is 0.164 e. The van der Waals surface area contributed by atoms with Crippen LogP contribution in [0.25, 0.3) is 73.0 Å². The maximum atomic E-state index is 4.91. The number of hydrogen-bond donors (Lipinski definition) is 0. The highest BCUT2D eigenvalue weighted by Gasteiger charge is 2.27. The van der Waals surface area contributed by atoms with E-state index in [0.29, 0.717) is 17.5 Å². The van der Waals surface area contributed by atoms with Crippen LogP contribution in [-0.2, 0) is 0 Å². The van der Waals surface area contributed by atoms with E-state index in [1.165, 1.54) is 27.7 Å². The molecule has 0 N–H and O–H groups in total. The van der Waals surface area contributed by atoms with Crippen molar-refractivity contribution < 1.29 is 0 Å². The summed E-state index contributed by atoms with van der Waals surface area (Å²) in [5.74, 6) is 3.06. The third-order valence-electron chi connectivity index (χ3n) is 9.80. The third kappa shape index (κ3) is 5.07. The Bertz CT molecular complexity index is 2660. The number of hydrogen-bond acceptors (Lipinski definition) is 4. The van der Waals surface area contributed by atoms with Crippen molar-refractivity contribution >= 4 is 28.1 Å². The summed E-state index contributed by atoms with van der Waals surface area (Å²) in [7, 11) is 0. The number of fused-ring (bicyclic) bond motifs is 7. The van der Waals surface area contributed by atoms with Gasteiger partial charge >= 0.3 is 0 Å². The lowest BCUT2D eigenvalue weighted by Crippen LogP contribution is -2.12. The van der Waals surface area contributed by atoms with Crippen LogP contribution in [0, 0.1) is 0 Å². The molecule has 9 aromatic rings. The molecule has 0 saturated carbocycles. The summed E-state index contributed by atoms with van der Waals surface area (Å²) in [6.07, 6.45) is 0. The Kier molecular flexibility index (Phi) is 7.07. The molecular weight excluding hydrogens is 635 g/mol. The number of nitrogens with zero attached hydrogens (tertiary/aromatic N) is 5. The van der Waals surface area contributed by atoms with Gasteiger partial charge in [0.1, 0.15) is 5.82 Å². The van der Waals surface area contributed by atoms with Gasteiger partial charge in [-0.15, -0.1) is 0 Å². The molecule has 244 valence electrons. The predicted octanol–water partition coefficient (Wildman–Crippen LogP) is 11.9. The van der Waals surface area contributed by atoms with Crippen molar-refractivity contribution in [1.29, 1.82) is 0 Å².